The number of ether oxygens (including phenoxy) is 4. The van der Waals surface area contributed by atoms with Crippen LogP contribution in [-0.4, -0.2) is 33.5 Å². The van der Waals surface area contributed by atoms with Crippen LogP contribution in [0.4, 0.5) is 0 Å². The summed E-state index contributed by atoms with van der Waals surface area (Å²) in [6.07, 6.45) is 1.51. The molecule has 3 aromatic carbocycles. The highest BCUT2D eigenvalue weighted by Crippen LogP contribution is 2.28. The largest absolute Gasteiger partial charge is 0.497 e. The van der Waals surface area contributed by atoms with Gasteiger partial charge in [-0.2, -0.15) is 5.10 Å². The molecule has 8 heteroatoms. The lowest BCUT2D eigenvalue weighted by atomic mass is 10.2. The summed E-state index contributed by atoms with van der Waals surface area (Å²) >= 11 is 5.91. The normalized spacial score (nSPS) is 10.6. The molecule has 0 spiro atoms. The molecule has 32 heavy (non-hydrogen) atoms. The number of hydrogen-bond donors (Lipinski definition) is 1. The number of carbonyl (C=O) groups excluding carboxylic acids is 1. The number of nitrogens with zero attached hydrogens (tertiary/aromatic N) is 1. The Balaban J connectivity index is 1.64. The molecular formula is C24H23ClN2O5. The van der Waals surface area contributed by atoms with Gasteiger partial charge in [-0.1, -0.05) is 23.7 Å². The van der Waals surface area contributed by atoms with Gasteiger partial charge in [-0.25, -0.2) is 5.43 Å². The van der Waals surface area contributed by atoms with Crippen LogP contribution < -0.4 is 24.4 Å². The SMILES string of the molecule is COc1ccc(C(=O)N/N=C\c2ccc(OCc3ccc(Cl)cc3)c(OC)c2)c(OC)c1. The fourth-order valence-electron chi connectivity index (χ4n) is 2.84. The molecule has 0 unspecified atom stereocenters. The predicted octanol–water partition coefficient (Wildman–Crippen LogP) is 4.71. The van der Waals surface area contributed by atoms with E-state index in [1.807, 2.05) is 30.3 Å². The van der Waals surface area contributed by atoms with Crippen LogP contribution in [-0.2, 0) is 6.61 Å². The Morgan fingerprint density at radius 3 is 2.34 bits per heavy atom. The van der Waals surface area contributed by atoms with E-state index in [1.54, 1.807) is 44.6 Å². The Morgan fingerprint density at radius 1 is 0.906 bits per heavy atom. The molecule has 0 heterocycles. The lowest BCUT2D eigenvalue weighted by Crippen LogP contribution is -2.18. The van der Waals surface area contributed by atoms with Gasteiger partial charge in [0, 0.05) is 11.1 Å². The van der Waals surface area contributed by atoms with Crippen molar-refractivity contribution in [3.05, 3.63) is 82.4 Å². The number of halogens is 1. The van der Waals surface area contributed by atoms with Gasteiger partial charge in [0.05, 0.1) is 33.1 Å². The summed E-state index contributed by atoms with van der Waals surface area (Å²) in [5.74, 6) is 1.71. The van der Waals surface area contributed by atoms with E-state index in [-0.39, 0.29) is 0 Å². The first kappa shape index (κ1) is 23.0. The van der Waals surface area contributed by atoms with Crippen molar-refractivity contribution in [2.75, 3.05) is 21.3 Å². The molecular weight excluding hydrogens is 432 g/mol. The predicted molar refractivity (Wildman–Crippen MR) is 123 cm³/mol. The smallest absolute Gasteiger partial charge is 0.275 e. The van der Waals surface area contributed by atoms with Gasteiger partial charge in [0.15, 0.2) is 11.5 Å². The number of carbonyl (C=O) groups is 1. The highest BCUT2D eigenvalue weighted by atomic mass is 35.5. The molecule has 0 saturated heterocycles. The first-order valence-corrected chi connectivity index (χ1v) is 10.0. The molecule has 1 N–H and O–H groups in total. The van der Waals surface area contributed by atoms with E-state index >= 15 is 0 Å². The standard InChI is InChI=1S/C24H23ClN2O5/c1-29-19-9-10-20(22(13-19)30-2)24(28)27-26-14-17-6-11-21(23(12-17)31-3)32-15-16-4-7-18(25)8-5-16/h4-14H,15H2,1-3H3,(H,27,28)/b26-14-. The van der Waals surface area contributed by atoms with Crippen LogP contribution in [0.3, 0.4) is 0 Å². The van der Waals surface area contributed by atoms with Crippen molar-refractivity contribution in [3.8, 4) is 23.0 Å². The fourth-order valence-corrected chi connectivity index (χ4v) is 2.96. The van der Waals surface area contributed by atoms with E-state index in [0.29, 0.717) is 40.2 Å². The summed E-state index contributed by atoms with van der Waals surface area (Å²) in [7, 11) is 4.59. The zero-order chi connectivity index (χ0) is 22.9. The summed E-state index contributed by atoms with van der Waals surface area (Å²) in [6.45, 7) is 0.376. The van der Waals surface area contributed by atoms with Crippen molar-refractivity contribution >= 4 is 23.7 Å². The van der Waals surface area contributed by atoms with Gasteiger partial charge in [0.25, 0.3) is 5.91 Å². The minimum atomic E-state index is -0.407. The number of benzene rings is 3. The van der Waals surface area contributed by atoms with E-state index in [4.69, 9.17) is 30.5 Å². The molecule has 0 fully saturated rings. The van der Waals surface area contributed by atoms with Crippen LogP contribution in [0.2, 0.25) is 5.02 Å². The van der Waals surface area contributed by atoms with E-state index in [9.17, 15) is 4.79 Å². The second kappa shape index (κ2) is 11.1. The van der Waals surface area contributed by atoms with Gasteiger partial charge in [-0.15, -0.1) is 0 Å². The first-order valence-electron chi connectivity index (χ1n) is 9.64. The molecule has 0 saturated carbocycles. The number of rotatable bonds is 9. The average molecular weight is 455 g/mol. The molecule has 1 amide bonds. The maximum atomic E-state index is 12.4. The summed E-state index contributed by atoms with van der Waals surface area (Å²) in [4.78, 5) is 12.4. The van der Waals surface area contributed by atoms with Gasteiger partial charge in [0.2, 0.25) is 0 Å². The Kier molecular flexibility index (Phi) is 7.94. The van der Waals surface area contributed by atoms with Crippen LogP contribution >= 0.6 is 11.6 Å². The monoisotopic (exact) mass is 454 g/mol. The summed E-state index contributed by atoms with van der Waals surface area (Å²) in [6, 6.07) is 17.7. The lowest BCUT2D eigenvalue weighted by Gasteiger charge is -2.11. The number of amides is 1. The Bertz CT molecular complexity index is 1100. The number of hydrazone groups is 1. The molecule has 3 rings (SSSR count). The zero-order valence-electron chi connectivity index (χ0n) is 17.9. The zero-order valence-corrected chi connectivity index (χ0v) is 18.7. The Morgan fingerprint density at radius 2 is 1.66 bits per heavy atom. The molecule has 7 nitrogen and oxygen atoms in total. The summed E-state index contributed by atoms with van der Waals surface area (Å²) < 4.78 is 21.7. The third-order valence-corrected chi connectivity index (χ3v) is 4.78. The van der Waals surface area contributed by atoms with Crippen molar-refractivity contribution in [1.82, 2.24) is 5.43 Å². The van der Waals surface area contributed by atoms with E-state index in [2.05, 4.69) is 10.5 Å². The average Bonchev–Trinajstić information content (AvgIpc) is 2.83. The van der Waals surface area contributed by atoms with Crippen LogP contribution in [0.15, 0.2) is 65.8 Å². The molecule has 166 valence electrons. The highest BCUT2D eigenvalue weighted by Gasteiger charge is 2.12. The number of nitrogens with one attached hydrogen (secondary N) is 1. The topological polar surface area (TPSA) is 78.4 Å². The number of methoxy groups -OCH3 is 3. The van der Waals surface area contributed by atoms with Crippen LogP contribution in [0.1, 0.15) is 21.5 Å². The second-order valence-electron chi connectivity index (χ2n) is 6.59. The molecule has 0 radical (unpaired) electrons. The van der Waals surface area contributed by atoms with Crippen molar-refractivity contribution in [1.29, 1.82) is 0 Å². The fraction of sp³-hybridized carbons (Fsp3) is 0.167. The lowest BCUT2D eigenvalue weighted by molar-refractivity contribution is 0.0952. The van der Waals surface area contributed by atoms with Gasteiger partial charge in [-0.05, 0) is 53.6 Å². The summed E-state index contributed by atoms with van der Waals surface area (Å²) in [5.41, 5.74) is 4.54. The maximum Gasteiger partial charge on any atom is 0.275 e. The Labute approximate surface area is 191 Å². The minimum absolute atomic E-state index is 0.342. The molecule has 0 aromatic heterocycles. The van der Waals surface area contributed by atoms with E-state index in [0.717, 1.165) is 11.1 Å². The third-order valence-electron chi connectivity index (χ3n) is 4.53. The van der Waals surface area contributed by atoms with Crippen molar-refractivity contribution in [2.45, 2.75) is 6.61 Å². The third kappa shape index (κ3) is 5.92. The van der Waals surface area contributed by atoms with E-state index in [1.165, 1.54) is 13.3 Å². The second-order valence-corrected chi connectivity index (χ2v) is 7.03. The quantitative estimate of drug-likeness (QED) is 0.374. The first-order chi connectivity index (χ1) is 15.5. The van der Waals surface area contributed by atoms with E-state index < -0.39 is 5.91 Å². The van der Waals surface area contributed by atoms with Gasteiger partial charge < -0.3 is 18.9 Å². The molecule has 0 aliphatic rings. The number of hydrogen-bond acceptors (Lipinski definition) is 6. The van der Waals surface area contributed by atoms with Crippen molar-refractivity contribution in [3.63, 3.8) is 0 Å². The van der Waals surface area contributed by atoms with Crippen LogP contribution in [0.25, 0.3) is 0 Å². The van der Waals surface area contributed by atoms with Gasteiger partial charge >= 0.3 is 0 Å². The van der Waals surface area contributed by atoms with Crippen LogP contribution in [0, 0.1) is 0 Å². The molecule has 0 aliphatic carbocycles. The molecule has 0 bridgehead atoms. The van der Waals surface area contributed by atoms with Crippen LogP contribution in [0.5, 0.6) is 23.0 Å². The van der Waals surface area contributed by atoms with Gasteiger partial charge in [-0.3, -0.25) is 4.79 Å². The highest BCUT2D eigenvalue weighted by molar-refractivity contribution is 6.30. The summed E-state index contributed by atoms with van der Waals surface area (Å²) in [5, 5.41) is 4.70. The maximum absolute atomic E-state index is 12.4. The molecule has 3 aromatic rings. The van der Waals surface area contributed by atoms with Crippen molar-refractivity contribution < 1.29 is 23.7 Å². The molecule has 0 atom stereocenters. The minimum Gasteiger partial charge on any atom is -0.497 e. The van der Waals surface area contributed by atoms with Gasteiger partial charge in [0.1, 0.15) is 18.1 Å². The molecule has 0 aliphatic heterocycles. The van der Waals surface area contributed by atoms with Crippen molar-refractivity contribution in [2.24, 2.45) is 5.10 Å². The Hall–Kier alpha value is -3.71.